The monoisotopic (exact) mass is 290 g/mol. The summed E-state index contributed by atoms with van der Waals surface area (Å²) in [6.07, 6.45) is 1.49. The van der Waals surface area contributed by atoms with Crippen LogP contribution in [0.3, 0.4) is 0 Å². The van der Waals surface area contributed by atoms with Gasteiger partial charge in [0.15, 0.2) is 0 Å². The van der Waals surface area contributed by atoms with Crippen LogP contribution >= 0.6 is 0 Å². The molecule has 3 heteroatoms. The van der Waals surface area contributed by atoms with Gasteiger partial charge in [0.05, 0.1) is 6.10 Å². The number of nitrogens with zero attached hydrogens (tertiary/aromatic N) is 1. The van der Waals surface area contributed by atoms with E-state index in [1.807, 2.05) is 0 Å². The Hall–Kier alpha value is -0.900. The van der Waals surface area contributed by atoms with Gasteiger partial charge in [0, 0.05) is 25.2 Å². The molecule has 1 saturated heterocycles. The third-order valence-corrected chi connectivity index (χ3v) is 4.62. The van der Waals surface area contributed by atoms with Gasteiger partial charge in [-0.2, -0.15) is 0 Å². The lowest BCUT2D eigenvalue weighted by Gasteiger charge is -2.31. The fourth-order valence-electron chi connectivity index (χ4n) is 3.46. The summed E-state index contributed by atoms with van der Waals surface area (Å²) in [5.41, 5.74) is 4.13. The first-order valence-corrected chi connectivity index (χ1v) is 8.15. The highest BCUT2D eigenvalue weighted by atomic mass is 16.5. The molecule has 2 rings (SSSR count). The van der Waals surface area contributed by atoms with Crippen LogP contribution in [0.2, 0.25) is 0 Å². The predicted molar refractivity (Wildman–Crippen MR) is 88.8 cm³/mol. The van der Waals surface area contributed by atoms with Crippen LogP contribution in [0.1, 0.15) is 43.0 Å². The van der Waals surface area contributed by atoms with Crippen molar-refractivity contribution in [2.75, 3.05) is 26.7 Å². The molecule has 3 atom stereocenters. The van der Waals surface area contributed by atoms with Gasteiger partial charge in [-0.25, -0.2) is 0 Å². The van der Waals surface area contributed by atoms with E-state index in [1.54, 1.807) is 0 Å². The number of ether oxygens (including phenoxy) is 1. The van der Waals surface area contributed by atoms with Gasteiger partial charge >= 0.3 is 0 Å². The summed E-state index contributed by atoms with van der Waals surface area (Å²) in [7, 11) is 2.23. The number of hydrogen-bond donors (Lipinski definition) is 1. The minimum atomic E-state index is 0.344. The first kappa shape index (κ1) is 16.5. The van der Waals surface area contributed by atoms with Gasteiger partial charge in [0.1, 0.15) is 0 Å². The van der Waals surface area contributed by atoms with Gasteiger partial charge < -0.3 is 10.1 Å². The van der Waals surface area contributed by atoms with Crippen LogP contribution in [-0.4, -0.2) is 43.8 Å². The molecule has 0 bridgehead atoms. The van der Waals surface area contributed by atoms with Crippen LogP contribution in [0, 0.1) is 13.8 Å². The summed E-state index contributed by atoms with van der Waals surface area (Å²) in [4.78, 5) is 2.46. The van der Waals surface area contributed by atoms with Gasteiger partial charge in [0.2, 0.25) is 0 Å². The third-order valence-electron chi connectivity index (χ3n) is 4.62. The number of rotatable bonds is 6. The summed E-state index contributed by atoms with van der Waals surface area (Å²) in [5, 5.41) is 3.65. The van der Waals surface area contributed by atoms with Crippen LogP contribution in [0.25, 0.3) is 0 Å². The Morgan fingerprint density at radius 1 is 1.38 bits per heavy atom. The summed E-state index contributed by atoms with van der Waals surface area (Å²) in [6.45, 7) is 11.6. The average molecular weight is 290 g/mol. The molecule has 1 aromatic rings. The van der Waals surface area contributed by atoms with Crippen LogP contribution in [-0.2, 0) is 4.74 Å². The lowest BCUT2D eigenvalue weighted by atomic mass is 9.98. The van der Waals surface area contributed by atoms with E-state index in [9.17, 15) is 0 Å². The molecule has 3 unspecified atom stereocenters. The van der Waals surface area contributed by atoms with E-state index in [2.05, 4.69) is 63.2 Å². The minimum Gasteiger partial charge on any atom is -0.377 e. The first-order chi connectivity index (χ1) is 10.0. The Bertz CT molecular complexity index is 461. The summed E-state index contributed by atoms with van der Waals surface area (Å²) in [5.74, 6) is 0. The molecule has 0 aliphatic carbocycles. The van der Waals surface area contributed by atoms with Crippen molar-refractivity contribution in [3.05, 3.63) is 34.9 Å². The van der Waals surface area contributed by atoms with Crippen molar-refractivity contribution in [3.8, 4) is 0 Å². The number of likely N-dealkylation sites (N-methyl/N-ethyl adjacent to an activating group) is 2. The number of nitrogens with one attached hydrogen (secondary N) is 1. The molecular weight excluding hydrogens is 260 g/mol. The zero-order valence-corrected chi connectivity index (χ0v) is 14.1. The molecule has 0 aromatic heterocycles. The highest BCUT2D eigenvalue weighted by Gasteiger charge is 2.29. The zero-order valence-electron chi connectivity index (χ0n) is 14.1. The Kier molecular flexibility index (Phi) is 5.80. The quantitative estimate of drug-likeness (QED) is 0.871. The van der Waals surface area contributed by atoms with Gasteiger partial charge in [-0.1, -0.05) is 30.7 Å². The van der Waals surface area contributed by atoms with Gasteiger partial charge in [-0.15, -0.1) is 0 Å². The maximum absolute atomic E-state index is 5.71. The highest BCUT2D eigenvalue weighted by molar-refractivity contribution is 5.33. The SMILES string of the molecule is CCNC(CN(C)C1CCOC1C)c1ccc(C)cc1C. The summed E-state index contributed by atoms with van der Waals surface area (Å²) < 4.78 is 5.71. The van der Waals surface area contributed by atoms with Crippen LogP contribution < -0.4 is 5.32 Å². The Morgan fingerprint density at radius 2 is 2.14 bits per heavy atom. The molecule has 3 nitrogen and oxygen atoms in total. The Balaban J connectivity index is 2.11. The first-order valence-electron chi connectivity index (χ1n) is 8.15. The van der Waals surface area contributed by atoms with Crippen molar-refractivity contribution < 1.29 is 4.74 Å². The van der Waals surface area contributed by atoms with Gasteiger partial charge in [0.25, 0.3) is 0 Å². The standard InChI is InChI=1S/C18H30N2O/c1-6-19-17(16-8-7-13(2)11-14(16)3)12-20(5)18-9-10-21-15(18)4/h7-8,11,15,17-19H,6,9-10,12H2,1-5H3. The van der Waals surface area contributed by atoms with Gasteiger partial charge in [-0.05, 0) is 51.9 Å². The molecule has 0 amide bonds. The third kappa shape index (κ3) is 4.06. The lowest BCUT2D eigenvalue weighted by molar-refractivity contribution is 0.0803. The predicted octanol–water partition coefficient (Wildman–Crippen LogP) is 3.06. The molecule has 1 aliphatic heterocycles. The van der Waals surface area contributed by atoms with E-state index in [-0.39, 0.29) is 0 Å². The van der Waals surface area contributed by atoms with E-state index >= 15 is 0 Å². The maximum atomic E-state index is 5.71. The Labute approximate surface area is 129 Å². The molecule has 0 spiro atoms. The highest BCUT2D eigenvalue weighted by Crippen LogP contribution is 2.24. The van der Waals surface area contributed by atoms with Crippen molar-refractivity contribution in [2.45, 2.75) is 52.3 Å². The zero-order chi connectivity index (χ0) is 15.4. The molecule has 0 saturated carbocycles. The fourth-order valence-corrected chi connectivity index (χ4v) is 3.46. The average Bonchev–Trinajstić information content (AvgIpc) is 2.84. The second kappa shape index (κ2) is 7.39. The molecule has 1 N–H and O–H groups in total. The summed E-state index contributed by atoms with van der Waals surface area (Å²) in [6, 6.07) is 7.69. The summed E-state index contributed by atoms with van der Waals surface area (Å²) >= 11 is 0. The molecule has 21 heavy (non-hydrogen) atoms. The number of benzene rings is 1. The van der Waals surface area contributed by atoms with Crippen LogP contribution in [0.4, 0.5) is 0 Å². The molecule has 118 valence electrons. The fraction of sp³-hybridized carbons (Fsp3) is 0.667. The molecule has 1 aromatic carbocycles. The normalized spacial score (nSPS) is 23.7. The van der Waals surface area contributed by atoms with E-state index in [4.69, 9.17) is 4.74 Å². The minimum absolute atomic E-state index is 0.344. The molecule has 1 heterocycles. The van der Waals surface area contributed by atoms with E-state index < -0.39 is 0 Å². The van der Waals surface area contributed by atoms with E-state index in [0.29, 0.717) is 18.2 Å². The second-order valence-corrected chi connectivity index (χ2v) is 6.34. The molecular formula is C18H30N2O. The van der Waals surface area contributed by atoms with Crippen LogP contribution in [0.5, 0.6) is 0 Å². The van der Waals surface area contributed by atoms with E-state index in [1.165, 1.54) is 16.7 Å². The number of hydrogen-bond acceptors (Lipinski definition) is 3. The smallest absolute Gasteiger partial charge is 0.0702 e. The largest absolute Gasteiger partial charge is 0.377 e. The second-order valence-electron chi connectivity index (χ2n) is 6.34. The molecule has 1 fully saturated rings. The lowest BCUT2D eigenvalue weighted by Crippen LogP contribution is -2.42. The van der Waals surface area contributed by atoms with Crippen molar-refractivity contribution >= 4 is 0 Å². The van der Waals surface area contributed by atoms with Crippen molar-refractivity contribution in [2.24, 2.45) is 0 Å². The van der Waals surface area contributed by atoms with Crippen LogP contribution in [0.15, 0.2) is 18.2 Å². The van der Waals surface area contributed by atoms with E-state index in [0.717, 1.165) is 26.1 Å². The molecule has 0 radical (unpaired) electrons. The van der Waals surface area contributed by atoms with Crippen molar-refractivity contribution in [1.29, 1.82) is 0 Å². The number of aryl methyl sites for hydroxylation is 2. The van der Waals surface area contributed by atoms with Crippen molar-refractivity contribution in [1.82, 2.24) is 10.2 Å². The Morgan fingerprint density at radius 3 is 2.71 bits per heavy atom. The maximum Gasteiger partial charge on any atom is 0.0702 e. The molecule has 1 aliphatic rings. The van der Waals surface area contributed by atoms with Crippen molar-refractivity contribution in [3.63, 3.8) is 0 Å². The topological polar surface area (TPSA) is 24.5 Å². The van der Waals surface area contributed by atoms with Gasteiger partial charge in [-0.3, -0.25) is 4.90 Å².